The predicted octanol–water partition coefficient (Wildman–Crippen LogP) is 5.71. The predicted molar refractivity (Wildman–Crippen MR) is 119 cm³/mol. The Bertz CT molecular complexity index is 1110. The van der Waals surface area contributed by atoms with Crippen molar-refractivity contribution in [2.45, 2.75) is 57.3 Å². The zero-order valence-corrected chi connectivity index (χ0v) is 17.4. The number of aryl methyl sites for hydroxylation is 1. The van der Waals surface area contributed by atoms with Crippen molar-refractivity contribution in [2.24, 2.45) is 0 Å². The number of hydrogen-bond acceptors (Lipinski definition) is 2. The van der Waals surface area contributed by atoms with Gasteiger partial charge < -0.3 is 15.0 Å². The molecule has 1 amide bonds. The molecule has 0 saturated heterocycles. The summed E-state index contributed by atoms with van der Waals surface area (Å²) in [7, 11) is 0. The molecule has 2 aromatic carbocycles. The van der Waals surface area contributed by atoms with E-state index in [1.54, 1.807) is 0 Å². The average Bonchev–Trinajstić information content (AvgIpc) is 3.40. The Morgan fingerprint density at radius 3 is 2.72 bits per heavy atom. The monoisotopic (exact) mass is 390 g/mol. The van der Waals surface area contributed by atoms with E-state index < -0.39 is 5.41 Å². The van der Waals surface area contributed by atoms with Crippen LogP contribution in [0, 0.1) is 0 Å². The maximum absolute atomic E-state index is 13.2. The number of rotatable bonds is 3. The van der Waals surface area contributed by atoms with Gasteiger partial charge in [-0.2, -0.15) is 0 Å². The van der Waals surface area contributed by atoms with Gasteiger partial charge in [0, 0.05) is 29.1 Å². The van der Waals surface area contributed by atoms with E-state index in [2.05, 4.69) is 61.4 Å². The highest BCUT2D eigenvalue weighted by molar-refractivity contribution is 6.02. The molecule has 3 aromatic rings. The van der Waals surface area contributed by atoms with E-state index >= 15 is 0 Å². The first-order valence-corrected chi connectivity index (χ1v) is 10.6. The number of carbonyl (C=O) groups excluding carboxylic acids is 1. The lowest BCUT2D eigenvalue weighted by Gasteiger charge is -2.21. The summed E-state index contributed by atoms with van der Waals surface area (Å²) < 4.78 is 5.73. The van der Waals surface area contributed by atoms with Gasteiger partial charge in [-0.1, -0.05) is 32.9 Å². The number of benzene rings is 2. The second-order valence-corrected chi connectivity index (χ2v) is 9.55. The number of aromatic amines is 1. The summed E-state index contributed by atoms with van der Waals surface area (Å²) in [5.74, 6) is 1.07. The lowest BCUT2D eigenvalue weighted by atomic mass is 9.91. The highest BCUT2D eigenvalue weighted by Crippen LogP contribution is 2.50. The van der Waals surface area contributed by atoms with Gasteiger partial charge in [0.2, 0.25) is 5.91 Å². The average molecular weight is 391 g/mol. The van der Waals surface area contributed by atoms with E-state index in [0.717, 1.165) is 60.2 Å². The van der Waals surface area contributed by atoms with Crippen LogP contribution in [0.25, 0.3) is 10.9 Å². The molecule has 0 spiro atoms. The van der Waals surface area contributed by atoms with Crippen molar-refractivity contribution < 1.29 is 11.0 Å². The van der Waals surface area contributed by atoms with Crippen LogP contribution in [0.3, 0.4) is 0 Å². The first-order chi connectivity index (χ1) is 13.8. The van der Waals surface area contributed by atoms with Gasteiger partial charge in [0.1, 0.15) is 5.75 Å². The molecular weight excluding hydrogens is 360 g/mol. The molecule has 1 saturated carbocycles. The third kappa shape index (κ3) is 3.21. The molecule has 2 N–H and O–H groups in total. The van der Waals surface area contributed by atoms with Crippen LogP contribution in [0.4, 0.5) is 5.69 Å². The number of anilines is 1. The van der Waals surface area contributed by atoms with Crippen molar-refractivity contribution in [1.82, 2.24) is 4.98 Å². The normalized spacial score (nSPS) is 17.5. The quantitative estimate of drug-likeness (QED) is 0.602. The molecule has 4 nitrogen and oxygen atoms in total. The van der Waals surface area contributed by atoms with Crippen molar-refractivity contribution in [3.8, 4) is 5.75 Å². The number of hydrogen-bond donors (Lipinski definition) is 2. The molecule has 0 radical (unpaired) electrons. The van der Waals surface area contributed by atoms with Crippen LogP contribution in [0.2, 0.25) is 0 Å². The van der Waals surface area contributed by atoms with Crippen LogP contribution in [0.5, 0.6) is 5.75 Å². The summed E-state index contributed by atoms with van der Waals surface area (Å²) in [6, 6.07) is 14.6. The van der Waals surface area contributed by atoms with Crippen LogP contribution in [-0.2, 0) is 22.0 Å². The Labute approximate surface area is 173 Å². The summed E-state index contributed by atoms with van der Waals surface area (Å²) in [6.07, 6.45) is 3.88. The number of H-pyrrole nitrogens is 1. The zero-order valence-electron chi connectivity index (χ0n) is 17.4. The van der Waals surface area contributed by atoms with Crippen molar-refractivity contribution in [1.29, 1.82) is 0 Å². The van der Waals surface area contributed by atoms with Crippen LogP contribution >= 0.6 is 0 Å². The molecule has 29 heavy (non-hydrogen) atoms. The van der Waals surface area contributed by atoms with E-state index in [0.29, 0.717) is 0 Å². The molecular formula is C25H30N2O2. The van der Waals surface area contributed by atoms with E-state index in [1.807, 2.05) is 12.1 Å². The van der Waals surface area contributed by atoms with Gasteiger partial charge >= 0.3 is 0 Å². The van der Waals surface area contributed by atoms with E-state index in [1.165, 1.54) is 11.3 Å². The maximum atomic E-state index is 13.2. The summed E-state index contributed by atoms with van der Waals surface area (Å²) in [6.45, 7) is 7.37. The number of aromatic nitrogens is 1. The van der Waals surface area contributed by atoms with Gasteiger partial charge in [-0.3, -0.25) is 4.79 Å². The lowest BCUT2D eigenvalue weighted by Crippen LogP contribution is -2.28. The number of fused-ring (bicyclic) bond motifs is 2. The molecule has 152 valence electrons. The summed E-state index contributed by atoms with van der Waals surface area (Å²) >= 11 is 0. The first kappa shape index (κ1) is 18.3. The molecule has 2 aliphatic rings. The van der Waals surface area contributed by atoms with Crippen LogP contribution in [-0.4, -0.2) is 17.5 Å². The minimum Gasteiger partial charge on any atom is -0.493 e. The number of ether oxygens (including phenoxy) is 1. The fourth-order valence-electron chi connectivity index (χ4n) is 4.30. The summed E-state index contributed by atoms with van der Waals surface area (Å²) in [5, 5.41) is 4.31. The molecule has 1 fully saturated rings. The number of nitrogens with one attached hydrogen (secondary N) is 2. The van der Waals surface area contributed by atoms with E-state index in [9.17, 15) is 4.79 Å². The Morgan fingerprint density at radius 1 is 1.14 bits per heavy atom. The van der Waals surface area contributed by atoms with Crippen LogP contribution < -0.4 is 10.1 Å². The molecule has 4 heteroatoms. The molecule has 0 unspecified atom stereocenters. The smallest absolute Gasteiger partial charge is 0.235 e. The Kier molecular flexibility index (Phi) is 4.02. The van der Waals surface area contributed by atoms with Gasteiger partial charge in [-0.25, -0.2) is 0 Å². The lowest BCUT2D eigenvalue weighted by molar-refractivity contribution is -0.118. The Hall–Kier alpha value is -2.75. The Balaban J connectivity index is 0.00000218. The van der Waals surface area contributed by atoms with Crippen LogP contribution in [0.15, 0.2) is 42.5 Å². The maximum Gasteiger partial charge on any atom is 0.235 e. The molecule has 1 aliphatic heterocycles. The van der Waals surface area contributed by atoms with Crippen molar-refractivity contribution >= 4 is 22.5 Å². The molecule has 1 aliphatic carbocycles. The molecule has 1 aromatic heterocycles. The van der Waals surface area contributed by atoms with Gasteiger partial charge in [0.25, 0.3) is 0 Å². The topological polar surface area (TPSA) is 54.1 Å². The standard InChI is InChI=1S/C25H28N2O2.H2/c1-24(2,3)22-15-17-14-19(7-8-20(17)27-22)26-23(28)25(10-11-25)18-6-9-21-16(13-18)5-4-12-29-21;/h6-9,13-15,27H,4-5,10-12H2,1-3H3,(H,26,28);1H. The van der Waals surface area contributed by atoms with E-state index in [-0.39, 0.29) is 12.7 Å². The molecule has 0 bridgehead atoms. The summed E-state index contributed by atoms with van der Waals surface area (Å²) in [4.78, 5) is 16.7. The number of carbonyl (C=O) groups is 1. The number of amides is 1. The van der Waals surface area contributed by atoms with Gasteiger partial charge in [0.05, 0.1) is 12.0 Å². The highest BCUT2D eigenvalue weighted by Gasteiger charge is 2.51. The third-order valence-electron chi connectivity index (χ3n) is 6.33. The second kappa shape index (κ2) is 6.38. The van der Waals surface area contributed by atoms with E-state index in [4.69, 9.17) is 4.74 Å². The van der Waals surface area contributed by atoms with Crippen LogP contribution in [0.1, 0.15) is 58.3 Å². The molecule has 5 rings (SSSR count). The minimum atomic E-state index is -0.393. The van der Waals surface area contributed by atoms with Gasteiger partial charge in [0.15, 0.2) is 0 Å². The summed E-state index contributed by atoms with van der Waals surface area (Å²) in [5.41, 5.74) is 5.18. The largest absolute Gasteiger partial charge is 0.493 e. The van der Waals surface area contributed by atoms with Gasteiger partial charge in [-0.15, -0.1) is 0 Å². The SMILES string of the molecule is CC(C)(C)c1cc2cc(NC(=O)C3(c4ccc5c(c4)CCCO5)CC3)ccc2[nH]1.[HH]. The first-order valence-electron chi connectivity index (χ1n) is 10.6. The zero-order chi connectivity index (χ0) is 20.2. The minimum absolute atomic E-state index is 0. The molecule has 2 heterocycles. The fraction of sp³-hybridized carbons (Fsp3) is 0.400. The third-order valence-corrected chi connectivity index (χ3v) is 6.33. The fourth-order valence-corrected chi connectivity index (χ4v) is 4.30. The van der Waals surface area contributed by atoms with Crippen molar-refractivity contribution in [3.05, 3.63) is 59.3 Å². The van der Waals surface area contributed by atoms with Crippen molar-refractivity contribution in [3.63, 3.8) is 0 Å². The Morgan fingerprint density at radius 2 is 1.97 bits per heavy atom. The van der Waals surface area contributed by atoms with Gasteiger partial charge in [-0.05, 0) is 67.1 Å². The van der Waals surface area contributed by atoms with Crippen molar-refractivity contribution in [2.75, 3.05) is 11.9 Å². The molecule has 0 atom stereocenters. The highest BCUT2D eigenvalue weighted by atomic mass is 16.5. The second-order valence-electron chi connectivity index (χ2n) is 9.55.